The summed E-state index contributed by atoms with van der Waals surface area (Å²) < 4.78 is 12.2. The van der Waals surface area contributed by atoms with Crippen LogP contribution >= 0.6 is 11.3 Å². The first-order valence-electron chi connectivity index (χ1n) is 9.10. The lowest BCUT2D eigenvalue weighted by molar-refractivity contribution is 0.0920. The molecule has 9 heteroatoms. The summed E-state index contributed by atoms with van der Waals surface area (Å²) in [7, 11) is 1.60. The third-order valence-electron chi connectivity index (χ3n) is 4.72. The third kappa shape index (κ3) is 4.06. The first-order chi connectivity index (χ1) is 14.0. The van der Waals surface area contributed by atoms with Crippen molar-refractivity contribution in [2.45, 2.75) is 19.0 Å². The summed E-state index contributed by atoms with van der Waals surface area (Å²) >= 11 is 1.41. The maximum absolute atomic E-state index is 12.5. The molecule has 2 aromatic heterocycles. The molecule has 1 N–H and O–H groups in total. The second-order valence-corrected chi connectivity index (χ2v) is 7.73. The van der Waals surface area contributed by atoms with E-state index in [-0.39, 0.29) is 24.1 Å². The van der Waals surface area contributed by atoms with Crippen LogP contribution in [0.4, 0.5) is 0 Å². The smallest absolute Gasteiger partial charge is 0.271 e. The van der Waals surface area contributed by atoms with Crippen LogP contribution in [0.5, 0.6) is 5.75 Å². The number of benzene rings is 1. The van der Waals surface area contributed by atoms with Crippen molar-refractivity contribution in [3.05, 3.63) is 62.8 Å². The van der Waals surface area contributed by atoms with Gasteiger partial charge in [-0.2, -0.15) is 5.10 Å². The van der Waals surface area contributed by atoms with E-state index in [9.17, 15) is 9.59 Å². The first-order valence-corrected chi connectivity index (χ1v) is 9.98. The Kier molecular flexibility index (Phi) is 5.41. The van der Waals surface area contributed by atoms with E-state index in [1.165, 1.54) is 22.1 Å². The van der Waals surface area contributed by atoms with Crippen molar-refractivity contribution in [3.63, 3.8) is 0 Å². The summed E-state index contributed by atoms with van der Waals surface area (Å²) in [6.45, 7) is 2.43. The zero-order valence-electron chi connectivity index (χ0n) is 16.0. The maximum Gasteiger partial charge on any atom is 0.271 e. The molecule has 1 aliphatic heterocycles. The van der Waals surface area contributed by atoms with Crippen LogP contribution in [0.3, 0.4) is 0 Å². The lowest BCUT2D eigenvalue weighted by Gasteiger charge is -2.20. The Morgan fingerprint density at radius 3 is 2.93 bits per heavy atom. The van der Waals surface area contributed by atoms with Crippen LogP contribution in [-0.4, -0.2) is 47.0 Å². The number of methoxy groups -OCH3 is 1. The van der Waals surface area contributed by atoms with Gasteiger partial charge < -0.3 is 14.8 Å². The van der Waals surface area contributed by atoms with E-state index in [1.54, 1.807) is 18.6 Å². The van der Waals surface area contributed by atoms with Crippen LogP contribution < -0.4 is 15.6 Å². The fourth-order valence-corrected chi connectivity index (χ4v) is 3.82. The number of ether oxygens (including phenoxy) is 2. The molecule has 3 aromatic rings. The highest BCUT2D eigenvalue weighted by Crippen LogP contribution is 2.23. The quantitative estimate of drug-likeness (QED) is 0.689. The molecule has 0 aliphatic carbocycles. The number of aryl methyl sites for hydroxylation is 1. The van der Waals surface area contributed by atoms with Crippen LogP contribution in [0.25, 0.3) is 11.3 Å². The standard InChI is InChI=1S/C20H20N4O4S/c1-12-21-17(11-29-12)20(26)22-16-9-28-10-18(16)24-19(25)7-6-15(23-24)13-4-3-5-14(8-13)27-2/h3-8,11,16,18H,9-10H2,1-2H3,(H,22,26). The lowest BCUT2D eigenvalue weighted by atomic mass is 10.1. The summed E-state index contributed by atoms with van der Waals surface area (Å²) in [4.78, 5) is 29.2. The zero-order chi connectivity index (χ0) is 20.4. The summed E-state index contributed by atoms with van der Waals surface area (Å²) in [5.74, 6) is 0.418. The highest BCUT2D eigenvalue weighted by molar-refractivity contribution is 7.09. The summed E-state index contributed by atoms with van der Waals surface area (Å²) in [6.07, 6.45) is 0. The number of hydrogen-bond donors (Lipinski definition) is 1. The molecule has 2 atom stereocenters. The normalized spacial score (nSPS) is 18.6. The zero-order valence-corrected chi connectivity index (χ0v) is 16.8. The number of nitrogens with zero attached hydrogens (tertiary/aromatic N) is 3. The largest absolute Gasteiger partial charge is 0.497 e. The van der Waals surface area contributed by atoms with Gasteiger partial charge in [-0.15, -0.1) is 11.3 Å². The molecule has 0 radical (unpaired) electrons. The Labute approximate surface area is 171 Å². The molecule has 1 aromatic carbocycles. The van der Waals surface area contributed by atoms with Crippen LogP contribution in [0.15, 0.2) is 46.6 Å². The van der Waals surface area contributed by atoms with Gasteiger partial charge in [0.15, 0.2) is 0 Å². The van der Waals surface area contributed by atoms with E-state index in [0.29, 0.717) is 23.7 Å². The van der Waals surface area contributed by atoms with Gasteiger partial charge in [-0.3, -0.25) is 9.59 Å². The second-order valence-electron chi connectivity index (χ2n) is 6.67. The van der Waals surface area contributed by atoms with Crippen molar-refractivity contribution < 1.29 is 14.3 Å². The van der Waals surface area contributed by atoms with Gasteiger partial charge in [0.1, 0.15) is 17.5 Å². The summed E-state index contributed by atoms with van der Waals surface area (Å²) in [6, 6.07) is 9.82. The molecule has 0 saturated carbocycles. The van der Waals surface area contributed by atoms with Gasteiger partial charge in [-0.25, -0.2) is 9.67 Å². The number of aromatic nitrogens is 3. The van der Waals surface area contributed by atoms with E-state index in [1.807, 2.05) is 31.2 Å². The van der Waals surface area contributed by atoms with Gasteiger partial charge in [0.2, 0.25) is 0 Å². The maximum atomic E-state index is 12.5. The molecule has 8 nitrogen and oxygen atoms in total. The molecule has 1 amide bonds. The number of amides is 1. The molecular weight excluding hydrogens is 392 g/mol. The highest BCUT2D eigenvalue weighted by atomic mass is 32.1. The molecule has 1 fully saturated rings. The van der Waals surface area contributed by atoms with Gasteiger partial charge in [-0.05, 0) is 25.1 Å². The first kappa shape index (κ1) is 19.3. The van der Waals surface area contributed by atoms with E-state index >= 15 is 0 Å². The van der Waals surface area contributed by atoms with Crippen molar-refractivity contribution in [1.82, 2.24) is 20.1 Å². The number of carbonyl (C=O) groups excluding carboxylic acids is 1. The minimum absolute atomic E-state index is 0.254. The van der Waals surface area contributed by atoms with Crippen LogP contribution in [0.2, 0.25) is 0 Å². The molecule has 0 spiro atoms. The number of thiazole rings is 1. The van der Waals surface area contributed by atoms with Crippen molar-refractivity contribution in [2.24, 2.45) is 0 Å². The van der Waals surface area contributed by atoms with Crippen molar-refractivity contribution in [3.8, 4) is 17.0 Å². The van der Waals surface area contributed by atoms with E-state index < -0.39 is 6.04 Å². The van der Waals surface area contributed by atoms with Crippen LogP contribution in [0.1, 0.15) is 21.5 Å². The van der Waals surface area contributed by atoms with Gasteiger partial charge in [0.25, 0.3) is 11.5 Å². The van der Waals surface area contributed by atoms with Crippen LogP contribution in [0, 0.1) is 6.92 Å². The highest BCUT2D eigenvalue weighted by Gasteiger charge is 2.33. The average Bonchev–Trinajstić information content (AvgIpc) is 3.37. The fourth-order valence-electron chi connectivity index (χ4n) is 3.23. The van der Waals surface area contributed by atoms with Gasteiger partial charge in [-0.1, -0.05) is 12.1 Å². The molecule has 1 aliphatic rings. The van der Waals surface area contributed by atoms with Crippen molar-refractivity contribution in [1.29, 1.82) is 0 Å². The molecule has 1 saturated heterocycles. The number of nitrogens with one attached hydrogen (secondary N) is 1. The molecule has 4 rings (SSSR count). The minimum Gasteiger partial charge on any atom is -0.497 e. The minimum atomic E-state index is -0.406. The second kappa shape index (κ2) is 8.14. The Morgan fingerprint density at radius 1 is 1.31 bits per heavy atom. The molecular formula is C20H20N4O4S. The molecule has 2 unspecified atom stereocenters. The van der Waals surface area contributed by atoms with E-state index in [2.05, 4.69) is 15.4 Å². The molecule has 0 bridgehead atoms. The Hall–Kier alpha value is -3.04. The Bertz CT molecular complexity index is 1090. The number of rotatable bonds is 5. The SMILES string of the molecule is COc1cccc(-c2ccc(=O)n(C3COCC3NC(=O)c3csc(C)n3)n2)c1. The average molecular weight is 412 g/mol. The summed E-state index contributed by atoms with van der Waals surface area (Å²) in [5.41, 5.74) is 1.57. The van der Waals surface area contributed by atoms with Gasteiger partial charge in [0, 0.05) is 17.0 Å². The molecule has 3 heterocycles. The van der Waals surface area contributed by atoms with Crippen molar-refractivity contribution >= 4 is 17.2 Å². The molecule has 150 valence electrons. The van der Waals surface area contributed by atoms with Gasteiger partial charge in [0.05, 0.1) is 37.1 Å². The molecule has 29 heavy (non-hydrogen) atoms. The Morgan fingerprint density at radius 2 is 2.17 bits per heavy atom. The number of hydrogen-bond acceptors (Lipinski definition) is 7. The third-order valence-corrected chi connectivity index (χ3v) is 5.50. The van der Waals surface area contributed by atoms with Gasteiger partial charge >= 0.3 is 0 Å². The van der Waals surface area contributed by atoms with Crippen molar-refractivity contribution in [2.75, 3.05) is 20.3 Å². The van der Waals surface area contributed by atoms with E-state index in [4.69, 9.17) is 9.47 Å². The number of carbonyl (C=O) groups is 1. The lowest BCUT2D eigenvalue weighted by Crippen LogP contribution is -2.44. The topological polar surface area (TPSA) is 95.3 Å². The Balaban J connectivity index is 1.61. The predicted molar refractivity (Wildman–Crippen MR) is 108 cm³/mol. The summed E-state index contributed by atoms with van der Waals surface area (Å²) in [5, 5.41) is 9.99. The van der Waals surface area contributed by atoms with E-state index in [0.717, 1.165) is 10.6 Å². The monoisotopic (exact) mass is 412 g/mol. The van der Waals surface area contributed by atoms with Crippen LogP contribution in [-0.2, 0) is 4.74 Å². The predicted octanol–water partition coefficient (Wildman–Crippen LogP) is 2.05. The fraction of sp³-hybridized carbons (Fsp3) is 0.300.